The first-order valence-corrected chi connectivity index (χ1v) is 8.23. The van der Waals surface area contributed by atoms with Gasteiger partial charge in [-0.3, -0.25) is 4.79 Å². The summed E-state index contributed by atoms with van der Waals surface area (Å²) < 4.78 is 5.36. The van der Waals surface area contributed by atoms with Crippen molar-refractivity contribution in [2.75, 3.05) is 40.4 Å². The zero-order valence-electron chi connectivity index (χ0n) is 13.6. The Morgan fingerprint density at radius 1 is 1.43 bits per heavy atom. The summed E-state index contributed by atoms with van der Waals surface area (Å²) in [7, 11) is 4.06. The maximum atomic E-state index is 12.6. The van der Waals surface area contributed by atoms with E-state index in [0.717, 1.165) is 0 Å². The number of carbonyl (C=O) groups is 1. The summed E-state index contributed by atoms with van der Waals surface area (Å²) in [4.78, 5) is 16.0. The van der Waals surface area contributed by atoms with Gasteiger partial charge in [0.15, 0.2) is 0 Å². The molecule has 0 saturated carbocycles. The molecule has 1 atom stereocenters. The molecule has 1 aromatic rings. The zero-order chi connectivity index (χ0) is 15.3. The number of nitrogens with two attached hydrogens (primary N) is 1. The van der Waals surface area contributed by atoms with Crippen LogP contribution in [-0.2, 0) is 9.53 Å². The van der Waals surface area contributed by atoms with Gasteiger partial charge in [-0.15, -0.1) is 36.2 Å². The van der Waals surface area contributed by atoms with Crippen molar-refractivity contribution in [2.45, 2.75) is 18.9 Å². The second kappa shape index (κ2) is 10.5. The average Bonchev–Trinajstić information content (AvgIpc) is 3.01. The predicted octanol–water partition coefficient (Wildman–Crippen LogP) is 2.07. The van der Waals surface area contributed by atoms with Gasteiger partial charge in [-0.25, -0.2) is 0 Å². The van der Waals surface area contributed by atoms with Crippen LogP contribution in [0.5, 0.6) is 0 Å². The van der Waals surface area contributed by atoms with Crippen molar-refractivity contribution in [2.24, 2.45) is 11.1 Å². The molecule has 1 unspecified atom stereocenters. The Kier molecular flexibility index (Phi) is 10.3. The number of nitrogens with zero attached hydrogens (tertiary/aromatic N) is 1. The molecular formula is C15H27Cl2N3O2S. The lowest BCUT2D eigenvalue weighted by atomic mass is 9.79. The fourth-order valence-corrected chi connectivity index (χ4v) is 3.60. The largest absolute Gasteiger partial charge is 0.381 e. The maximum absolute atomic E-state index is 12.6. The Bertz CT molecular complexity index is 452. The molecule has 2 heterocycles. The SMILES string of the molecule is CN(C)C(CNC(=O)C1(CN)CCOCC1)c1cccs1.Cl.Cl. The Morgan fingerprint density at radius 2 is 2.09 bits per heavy atom. The molecule has 1 saturated heterocycles. The number of hydrogen-bond acceptors (Lipinski definition) is 5. The lowest BCUT2D eigenvalue weighted by molar-refractivity contribution is -0.136. The van der Waals surface area contributed by atoms with Crippen LogP contribution in [0, 0.1) is 5.41 Å². The van der Waals surface area contributed by atoms with Crippen molar-refractivity contribution in [3.63, 3.8) is 0 Å². The molecule has 0 aliphatic carbocycles. The summed E-state index contributed by atoms with van der Waals surface area (Å²) in [6.45, 7) is 2.22. The molecule has 1 aliphatic heterocycles. The van der Waals surface area contributed by atoms with E-state index in [1.165, 1.54) is 4.88 Å². The van der Waals surface area contributed by atoms with E-state index in [1.54, 1.807) is 11.3 Å². The van der Waals surface area contributed by atoms with E-state index in [1.807, 2.05) is 20.2 Å². The first-order chi connectivity index (χ1) is 10.1. The summed E-state index contributed by atoms with van der Waals surface area (Å²) >= 11 is 1.71. The summed E-state index contributed by atoms with van der Waals surface area (Å²) in [5.41, 5.74) is 5.42. The molecule has 0 spiro atoms. The highest BCUT2D eigenvalue weighted by Gasteiger charge is 2.38. The summed E-state index contributed by atoms with van der Waals surface area (Å²) in [5.74, 6) is 0.0664. The fraction of sp³-hybridized carbons (Fsp3) is 0.667. The third-order valence-corrected chi connectivity index (χ3v) is 5.25. The van der Waals surface area contributed by atoms with E-state index < -0.39 is 5.41 Å². The van der Waals surface area contributed by atoms with E-state index >= 15 is 0 Å². The van der Waals surface area contributed by atoms with E-state index in [4.69, 9.17) is 10.5 Å². The minimum absolute atomic E-state index is 0. The van der Waals surface area contributed by atoms with Crippen LogP contribution in [0.15, 0.2) is 17.5 Å². The molecule has 1 aromatic heterocycles. The maximum Gasteiger partial charge on any atom is 0.227 e. The quantitative estimate of drug-likeness (QED) is 0.788. The van der Waals surface area contributed by atoms with Crippen molar-refractivity contribution in [3.8, 4) is 0 Å². The van der Waals surface area contributed by atoms with Crippen LogP contribution in [0.1, 0.15) is 23.8 Å². The molecule has 0 aromatic carbocycles. The first-order valence-electron chi connectivity index (χ1n) is 7.35. The van der Waals surface area contributed by atoms with Crippen molar-refractivity contribution in [1.29, 1.82) is 0 Å². The van der Waals surface area contributed by atoms with Crippen LogP contribution < -0.4 is 11.1 Å². The highest BCUT2D eigenvalue weighted by molar-refractivity contribution is 7.10. The summed E-state index contributed by atoms with van der Waals surface area (Å²) in [6.07, 6.45) is 1.42. The van der Waals surface area contributed by atoms with E-state index in [2.05, 4.69) is 21.7 Å². The minimum atomic E-state index is -0.454. The van der Waals surface area contributed by atoms with Crippen molar-refractivity contribution in [3.05, 3.63) is 22.4 Å². The Labute approximate surface area is 154 Å². The second-order valence-electron chi connectivity index (χ2n) is 5.80. The topological polar surface area (TPSA) is 67.6 Å². The standard InChI is InChI=1S/C15H25N3O2S.2ClH/c1-18(2)12(13-4-3-9-21-13)10-17-14(19)15(11-16)5-7-20-8-6-15;;/h3-4,9,12H,5-8,10-11,16H2,1-2H3,(H,17,19);2*1H. The van der Waals surface area contributed by atoms with Crippen LogP contribution in [-0.4, -0.2) is 51.2 Å². The van der Waals surface area contributed by atoms with Crippen LogP contribution in [0.2, 0.25) is 0 Å². The van der Waals surface area contributed by atoms with Crippen molar-refractivity contribution < 1.29 is 9.53 Å². The molecular weight excluding hydrogens is 357 g/mol. The molecule has 1 amide bonds. The normalized spacial score (nSPS) is 17.7. The fourth-order valence-electron chi connectivity index (χ4n) is 2.68. The molecule has 5 nitrogen and oxygen atoms in total. The monoisotopic (exact) mass is 383 g/mol. The molecule has 134 valence electrons. The van der Waals surface area contributed by atoms with Gasteiger partial charge in [0.2, 0.25) is 5.91 Å². The van der Waals surface area contributed by atoms with Crippen molar-refractivity contribution in [1.82, 2.24) is 10.2 Å². The third kappa shape index (κ3) is 5.59. The highest BCUT2D eigenvalue weighted by atomic mass is 35.5. The first kappa shape index (κ1) is 22.6. The van der Waals surface area contributed by atoms with Gasteiger partial charge < -0.3 is 20.7 Å². The van der Waals surface area contributed by atoms with Gasteiger partial charge in [0.1, 0.15) is 0 Å². The lowest BCUT2D eigenvalue weighted by Crippen LogP contribution is -2.50. The van der Waals surface area contributed by atoms with Gasteiger partial charge in [0.05, 0.1) is 11.5 Å². The van der Waals surface area contributed by atoms with E-state index in [-0.39, 0.29) is 36.8 Å². The van der Waals surface area contributed by atoms with Crippen LogP contribution in [0.25, 0.3) is 0 Å². The number of halogens is 2. The third-order valence-electron chi connectivity index (χ3n) is 4.27. The smallest absolute Gasteiger partial charge is 0.227 e. The Hall–Kier alpha value is -0.370. The van der Waals surface area contributed by atoms with Gasteiger partial charge in [0, 0.05) is 31.2 Å². The van der Waals surface area contributed by atoms with E-state index in [9.17, 15) is 4.79 Å². The number of carbonyl (C=O) groups excluding carboxylic acids is 1. The van der Waals surface area contributed by atoms with Gasteiger partial charge >= 0.3 is 0 Å². The number of amides is 1. The Balaban J connectivity index is 0.00000242. The molecule has 1 fully saturated rings. The number of ether oxygens (including phenoxy) is 1. The summed E-state index contributed by atoms with van der Waals surface area (Å²) in [5, 5.41) is 5.17. The zero-order valence-corrected chi connectivity index (χ0v) is 16.1. The van der Waals surface area contributed by atoms with Gasteiger partial charge in [-0.05, 0) is 38.4 Å². The number of hydrogen-bond donors (Lipinski definition) is 2. The number of nitrogens with one attached hydrogen (secondary N) is 1. The molecule has 23 heavy (non-hydrogen) atoms. The van der Waals surface area contributed by atoms with Gasteiger partial charge in [-0.2, -0.15) is 0 Å². The van der Waals surface area contributed by atoms with Gasteiger partial charge in [0.25, 0.3) is 0 Å². The predicted molar refractivity (Wildman–Crippen MR) is 99.8 cm³/mol. The van der Waals surface area contributed by atoms with Crippen molar-refractivity contribution >= 4 is 42.1 Å². The summed E-state index contributed by atoms with van der Waals surface area (Å²) in [6, 6.07) is 4.34. The van der Waals surface area contributed by atoms with Crippen LogP contribution in [0.3, 0.4) is 0 Å². The molecule has 1 aliphatic rings. The molecule has 8 heteroatoms. The highest BCUT2D eigenvalue weighted by Crippen LogP contribution is 2.30. The minimum Gasteiger partial charge on any atom is -0.381 e. The molecule has 3 N–H and O–H groups in total. The molecule has 0 radical (unpaired) electrons. The van der Waals surface area contributed by atoms with Crippen LogP contribution >= 0.6 is 36.2 Å². The second-order valence-corrected chi connectivity index (χ2v) is 6.78. The van der Waals surface area contributed by atoms with Crippen LogP contribution in [0.4, 0.5) is 0 Å². The number of rotatable bonds is 6. The lowest BCUT2D eigenvalue weighted by Gasteiger charge is -2.35. The molecule has 2 rings (SSSR count). The average molecular weight is 384 g/mol. The molecule has 0 bridgehead atoms. The van der Waals surface area contributed by atoms with E-state index in [0.29, 0.717) is 39.1 Å². The van der Waals surface area contributed by atoms with Gasteiger partial charge in [-0.1, -0.05) is 6.07 Å². The Morgan fingerprint density at radius 3 is 2.57 bits per heavy atom. The number of thiophene rings is 1. The number of likely N-dealkylation sites (N-methyl/N-ethyl adjacent to an activating group) is 1.